The van der Waals surface area contributed by atoms with Gasteiger partial charge >= 0.3 is 6.18 Å². The van der Waals surface area contributed by atoms with Gasteiger partial charge in [0.15, 0.2) is 0 Å². The highest BCUT2D eigenvalue weighted by Crippen LogP contribution is 2.36. The van der Waals surface area contributed by atoms with Crippen molar-refractivity contribution in [2.45, 2.75) is 38.0 Å². The molecule has 1 saturated heterocycles. The van der Waals surface area contributed by atoms with Crippen molar-refractivity contribution in [1.29, 1.82) is 0 Å². The summed E-state index contributed by atoms with van der Waals surface area (Å²) in [5, 5.41) is 5.84. The van der Waals surface area contributed by atoms with E-state index in [-0.39, 0.29) is 42.3 Å². The van der Waals surface area contributed by atoms with Gasteiger partial charge in [-0.25, -0.2) is 36.5 Å². The van der Waals surface area contributed by atoms with E-state index in [1.807, 2.05) is 0 Å². The summed E-state index contributed by atoms with van der Waals surface area (Å²) in [6.07, 6.45) is -1.91. The van der Waals surface area contributed by atoms with Crippen molar-refractivity contribution in [3.63, 3.8) is 0 Å². The lowest BCUT2D eigenvalue weighted by molar-refractivity contribution is -0.137. The third-order valence-electron chi connectivity index (χ3n) is 6.09. The summed E-state index contributed by atoms with van der Waals surface area (Å²) in [6.45, 7) is 0.242. The van der Waals surface area contributed by atoms with Crippen LogP contribution < -0.4 is 10.6 Å². The van der Waals surface area contributed by atoms with Crippen molar-refractivity contribution in [2.75, 3.05) is 31.2 Å². The van der Waals surface area contributed by atoms with E-state index in [9.17, 15) is 30.4 Å². The molecule has 212 valence electrons. The number of imidazole rings is 1. The number of halogens is 6. The Hall–Kier alpha value is -2.88. The molecule has 3 heterocycles. The average molecular weight is 594 g/mol. The number of sulfonamides is 1. The van der Waals surface area contributed by atoms with Crippen LogP contribution in [0.25, 0.3) is 17.1 Å². The average Bonchev–Trinajstić information content (AvgIpc) is 3.33. The van der Waals surface area contributed by atoms with Crippen LogP contribution in [0.2, 0.25) is 5.02 Å². The molecule has 0 radical (unpaired) electrons. The lowest BCUT2D eigenvalue weighted by Gasteiger charge is -2.30. The molecule has 0 atom stereocenters. The van der Waals surface area contributed by atoms with Gasteiger partial charge in [0.25, 0.3) is 6.43 Å². The van der Waals surface area contributed by atoms with Gasteiger partial charge in [0.1, 0.15) is 23.3 Å². The molecule has 0 saturated carbocycles. The zero-order chi connectivity index (χ0) is 28.4. The maximum atomic E-state index is 13.8. The van der Waals surface area contributed by atoms with Crippen LogP contribution in [0.4, 0.5) is 27.9 Å². The first-order chi connectivity index (χ1) is 18.3. The first-order valence-electron chi connectivity index (χ1n) is 11.8. The molecule has 2 N–H and O–H groups in total. The summed E-state index contributed by atoms with van der Waals surface area (Å²) >= 11 is 6.36. The fourth-order valence-corrected chi connectivity index (χ4v) is 5.32. The molecular weight excluding hydrogens is 569 g/mol. The normalized spacial score (nSPS) is 15.7. The lowest BCUT2D eigenvalue weighted by Crippen LogP contribution is -2.42. The number of benzene rings is 1. The first-order valence-corrected chi connectivity index (χ1v) is 14.0. The number of piperidine rings is 1. The van der Waals surface area contributed by atoms with E-state index in [1.165, 1.54) is 21.4 Å². The number of aromatic nitrogens is 4. The molecule has 1 aliphatic rings. The predicted octanol–water partition coefficient (Wildman–Crippen LogP) is 4.19. The number of nitrogens with one attached hydrogen (secondary N) is 2. The van der Waals surface area contributed by atoms with Crippen LogP contribution in [0.15, 0.2) is 36.9 Å². The molecule has 0 bridgehead atoms. The van der Waals surface area contributed by atoms with Gasteiger partial charge in [0.05, 0.1) is 23.5 Å². The van der Waals surface area contributed by atoms with Crippen molar-refractivity contribution in [1.82, 2.24) is 29.1 Å². The summed E-state index contributed by atoms with van der Waals surface area (Å²) in [4.78, 5) is 12.1. The van der Waals surface area contributed by atoms with Crippen molar-refractivity contribution in [2.24, 2.45) is 0 Å². The minimum atomic E-state index is -4.75. The van der Waals surface area contributed by atoms with Gasteiger partial charge in [-0.2, -0.15) is 13.2 Å². The minimum absolute atomic E-state index is 0.0379. The molecule has 16 heteroatoms. The SMILES string of the molecule is CS(=O)(=O)N1CCC(Nc2ncc(C(F)(F)F)c(-c3cn(-c4ccc(CNCC(F)F)cc4Cl)cn3)n2)CC1. The molecule has 1 aliphatic heterocycles. The summed E-state index contributed by atoms with van der Waals surface area (Å²) in [5.74, 6) is -0.0379. The number of hydrogen-bond acceptors (Lipinski definition) is 7. The molecule has 0 amide bonds. The lowest BCUT2D eigenvalue weighted by atomic mass is 10.1. The summed E-state index contributed by atoms with van der Waals surface area (Å²) in [6, 6.07) is 4.60. The van der Waals surface area contributed by atoms with Gasteiger partial charge < -0.3 is 15.2 Å². The third kappa shape index (κ3) is 7.41. The summed E-state index contributed by atoms with van der Waals surface area (Å²) < 4.78 is 92.3. The van der Waals surface area contributed by atoms with E-state index in [2.05, 4.69) is 25.6 Å². The van der Waals surface area contributed by atoms with Crippen LogP contribution in [0.1, 0.15) is 24.0 Å². The Morgan fingerprint density at radius 3 is 2.51 bits per heavy atom. The van der Waals surface area contributed by atoms with Crippen molar-refractivity contribution in [3.05, 3.63) is 53.1 Å². The highest BCUT2D eigenvalue weighted by molar-refractivity contribution is 7.88. The Morgan fingerprint density at radius 2 is 1.90 bits per heavy atom. The number of alkyl halides is 5. The van der Waals surface area contributed by atoms with Gasteiger partial charge in [-0.3, -0.25) is 0 Å². The largest absolute Gasteiger partial charge is 0.420 e. The van der Waals surface area contributed by atoms with Crippen LogP contribution in [0.3, 0.4) is 0 Å². The van der Waals surface area contributed by atoms with E-state index >= 15 is 0 Å². The predicted molar refractivity (Wildman–Crippen MR) is 135 cm³/mol. The maximum absolute atomic E-state index is 13.8. The van der Waals surface area contributed by atoms with Gasteiger partial charge in [-0.1, -0.05) is 17.7 Å². The highest BCUT2D eigenvalue weighted by atomic mass is 35.5. The molecule has 9 nitrogen and oxygen atoms in total. The fraction of sp³-hybridized carbons (Fsp3) is 0.435. The van der Waals surface area contributed by atoms with Crippen molar-refractivity contribution >= 4 is 27.6 Å². The van der Waals surface area contributed by atoms with Gasteiger partial charge in [-0.15, -0.1) is 0 Å². The molecule has 2 aromatic heterocycles. The van der Waals surface area contributed by atoms with Crippen LogP contribution >= 0.6 is 11.6 Å². The summed E-state index contributed by atoms with van der Waals surface area (Å²) in [5.41, 5.74) is -0.504. The molecule has 0 spiro atoms. The second-order valence-electron chi connectivity index (χ2n) is 9.01. The van der Waals surface area contributed by atoms with E-state index < -0.39 is 40.4 Å². The number of anilines is 1. The standard InChI is InChI=1S/C23H25ClF5N7O2S/c1-39(37,38)36-6-4-15(5-7-36)33-22-31-10-16(23(27,28)29)21(34-22)18-12-35(13-32-18)19-3-2-14(8-17(19)24)9-30-11-20(25)26/h2-3,8,10,12-13,15,20,30H,4-7,9,11H2,1H3,(H,31,33,34). The Kier molecular flexibility index (Phi) is 8.73. The quantitative estimate of drug-likeness (QED) is 0.359. The number of rotatable bonds is 9. The molecule has 1 fully saturated rings. The molecule has 0 aliphatic carbocycles. The number of nitrogens with zero attached hydrogens (tertiary/aromatic N) is 5. The molecular formula is C23H25ClF5N7O2S. The van der Waals surface area contributed by atoms with E-state index in [0.29, 0.717) is 30.3 Å². The first kappa shape index (κ1) is 29.1. The topological polar surface area (TPSA) is 105 Å². The second-order valence-corrected chi connectivity index (χ2v) is 11.4. The van der Waals surface area contributed by atoms with Crippen molar-refractivity contribution in [3.8, 4) is 17.1 Å². The van der Waals surface area contributed by atoms with Crippen molar-refractivity contribution < 1.29 is 30.4 Å². The third-order valence-corrected chi connectivity index (χ3v) is 7.70. The minimum Gasteiger partial charge on any atom is -0.351 e. The Labute approximate surface area is 226 Å². The van der Waals surface area contributed by atoms with E-state index in [1.54, 1.807) is 18.2 Å². The van der Waals surface area contributed by atoms with Gasteiger partial charge in [-0.05, 0) is 30.5 Å². The molecule has 1 aromatic carbocycles. The Bertz CT molecular complexity index is 1410. The van der Waals surface area contributed by atoms with E-state index in [4.69, 9.17) is 11.6 Å². The zero-order valence-corrected chi connectivity index (χ0v) is 22.2. The molecule has 4 rings (SSSR count). The highest BCUT2D eigenvalue weighted by Gasteiger charge is 2.36. The molecule has 39 heavy (non-hydrogen) atoms. The van der Waals surface area contributed by atoms with Crippen LogP contribution in [-0.4, -0.2) is 70.6 Å². The second kappa shape index (κ2) is 11.7. The van der Waals surface area contributed by atoms with Gasteiger partial charge in [0.2, 0.25) is 16.0 Å². The monoisotopic (exact) mass is 593 g/mol. The smallest absolute Gasteiger partial charge is 0.351 e. The van der Waals surface area contributed by atoms with Crippen LogP contribution in [-0.2, 0) is 22.7 Å². The van der Waals surface area contributed by atoms with Gasteiger partial charge in [0, 0.05) is 38.1 Å². The maximum Gasteiger partial charge on any atom is 0.420 e. The van der Waals surface area contributed by atoms with Crippen LogP contribution in [0, 0.1) is 0 Å². The molecule has 0 unspecified atom stereocenters. The number of hydrogen-bond donors (Lipinski definition) is 2. The fourth-order valence-electron chi connectivity index (χ4n) is 4.14. The Morgan fingerprint density at radius 1 is 1.18 bits per heavy atom. The zero-order valence-electron chi connectivity index (χ0n) is 20.6. The van der Waals surface area contributed by atoms with Crippen LogP contribution in [0.5, 0.6) is 0 Å². The Balaban J connectivity index is 1.55. The molecule has 3 aromatic rings. The summed E-state index contributed by atoms with van der Waals surface area (Å²) in [7, 11) is -3.32. The van der Waals surface area contributed by atoms with E-state index in [0.717, 1.165) is 6.26 Å².